The Labute approximate surface area is 172 Å². The Hall–Kier alpha value is -3.95. The van der Waals surface area contributed by atoms with Crippen LogP contribution in [0.4, 0.5) is 0 Å². The summed E-state index contributed by atoms with van der Waals surface area (Å²) in [4.78, 5) is 35.2. The zero-order chi connectivity index (χ0) is 21.8. The first-order chi connectivity index (χ1) is 14.3. The lowest BCUT2D eigenvalue weighted by Gasteiger charge is -2.15. The molecule has 0 radical (unpaired) electrons. The molecule has 30 heavy (non-hydrogen) atoms. The number of hydrogen-bond donors (Lipinski definition) is 2. The average molecular weight is 410 g/mol. The number of carbonyl (C=O) groups excluding carboxylic acids is 2. The second kappa shape index (κ2) is 8.60. The van der Waals surface area contributed by atoms with Crippen LogP contribution in [0.25, 0.3) is 5.69 Å². The second-order valence-electron chi connectivity index (χ2n) is 6.77. The molecule has 0 aliphatic carbocycles. The molecule has 10 heteroatoms. The van der Waals surface area contributed by atoms with Crippen LogP contribution in [-0.4, -0.2) is 31.6 Å². The molecule has 2 amide bonds. The van der Waals surface area contributed by atoms with Crippen molar-refractivity contribution in [3.8, 4) is 11.4 Å². The van der Waals surface area contributed by atoms with Gasteiger partial charge in [-0.25, -0.2) is 4.79 Å². The van der Waals surface area contributed by atoms with Crippen LogP contribution >= 0.6 is 0 Å². The maximum atomic E-state index is 12.3. The minimum atomic E-state index is -0.428. The molecular weight excluding hydrogens is 388 g/mol. The monoisotopic (exact) mass is 410 g/mol. The molecule has 0 atom stereocenters. The third kappa shape index (κ3) is 4.37. The molecule has 1 heterocycles. The fraction of sp³-hybridized carbons (Fsp3) is 0.250. The molecule has 0 spiro atoms. The third-order valence-corrected chi connectivity index (χ3v) is 4.50. The Morgan fingerprint density at radius 3 is 2.47 bits per heavy atom. The van der Waals surface area contributed by atoms with Crippen molar-refractivity contribution in [2.75, 3.05) is 0 Å². The lowest BCUT2D eigenvalue weighted by molar-refractivity contribution is -0.119. The number of rotatable bonds is 5. The number of aryl methyl sites for hydroxylation is 3. The van der Waals surface area contributed by atoms with Gasteiger partial charge in [-0.2, -0.15) is 9.36 Å². The van der Waals surface area contributed by atoms with Gasteiger partial charge >= 0.3 is 5.69 Å². The molecule has 2 aromatic carbocycles. The summed E-state index contributed by atoms with van der Waals surface area (Å²) in [5.74, 6) is -0.203. The number of hydrogen-bond acceptors (Lipinski definition) is 6. The molecular formula is C20H22N6O4. The summed E-state index contributed by atoms with van der Waals surface area (Å²) >= 11 is 0. The molecule has 0 saturated heterocycles. The molecule has 3 rings (SSSR count). The van der Waals surface area contributed by atoms with E-state index in [2.05, 4.69) is 21.3 Å². The largest absolute Gasteiger partial charge is 0.489 e. The number of carbonyl (C=O) groups is 2. The van der Waals surface area contributed by atoms with E-state index in [1.54, 1.807) is 24.3 Å². The smallest absolute Gasteiger partial charge is 0.368 e. The van der Waals surface area contributed by atoms with Crippen molar-refractivity contribution >= 4 is 11.8 Å². The number of nitrogens with zero attached hydrogens (tertiary/aromatic N) is 4. The number of tetrazole rings is 1. The van der Waals surface area contributed by atoms with Crippen LogP contribution in [0.15, 0.2) is 41.2 Å². The molecule has 0 bridgehead atoms. The van der Waals surface area contributed by atoms with E-state index >= 15 is 0 Å². The number of amides is 2. The summed E-state index contributed by atoms with van der Waals surface area (Å²) in [5, 5.41) is 7.67. The normalized spacial score (nSPS) is 10.5. The zero-order valence-corrected chi connectivity index (χ0v) is 17.1. The van der Waals surface area contributed by atoms with Gasteiger partial charge in [0.15, 0.2) is 0 Å². The first-order valence-electron chi connectivity index (χ1n) is 9.16. The summed E-state index contributed by atoms with van der Waals surface area (Å²) in [6.07, 6.45) is 0. The Morgan fingerprint density at radius 2 is 1.83 bits per heavy atom. The topological polar surface area (TPSA) is 120 Å². The number of benzene rings is 2. The molecule has 156 valence electrons. The SMILES string of the molecule is CC(=O)NNC(=O)c1ccc(OCc2c(C)cccc2-n2nnn(C)c2=O)c(C)c1. The highest BCUT2D eigenvalue weighted by Gasteiger charge is 2.14. The molecule has 2 N–H and O–H groups in total. The van der Waals surface area contributed by atoms with Crippen molar-refractivity contribution in [3.63, 3.8) is 0 Å². The summed E-state index contributed by atoms with van der Waals surface area (Å²) in [6, 6.07) is 10.5. The van der Waals surface area contributed by atoms with E-state index in [1.807, 2.05) is 26.0 Å². The van der Waals surface area contributed by atoms with Crippen molar-refractivity contribution < 1.29 is 14.3 Å². The molecule has 0 aliphatic heterocycles. The second-order valence-corrected chi connectivity index (χ2v) is 6.77. The third-order valence-electron chi connectivity index (χ3n) is 4.50. The zero-order valence-electron chi connectivity index (χ0n) is 17.1. The Bertz CT molecular complexity index is 1160. The molecule has 0 saturated carbocycles. The van der Waals surface area contributed by atoms with Crippen LogP contribution in [0.3, 0.4) is 0 Å². The van der Waals surface area contributed by atoms with Crippen LogP contribution in [0.5, 0.6) is 5.75 Å². The van der Waals surface area contributed by atoms with Crippen molar-refractivity contribution in [1.82, 2.24) is 30.6 Å². The molecule has 1 aromatic heterocycles. The number of hydrazine groups is 1. The average Bonchev–Trinajstić information content (AvgIpc) is 3.04. The number of nitrogens with one attached hydrogen (secondary N) is 2. The number of ether oxygens (including phenoxy) is 1. The predicted octanol–water partition coefficient (Wildman–Crippen LogP) is 0.943. The fourth-order valence-electron chi connectivity index (χ4n) is 2.86. The van der Waals surface area contributed by atoms with Gasteiger partial charge in [0.25, 0.3) is 5.91 Å². The maximum absolute atomic E-state index is 12.3. The lowest BCUT2D eigenvalue weighted by atomic mass is 10.1. The molecule has 3 aromatic rings. The Morgan fingerprint density at radius 1 is 1.07 bits per heavy atom. The minimum Gasteiger partial charge on any atom is -0.489 e. The van der Waals surface area contributed by atoms with Crippen molar-refractivity contribution in [2.24, 2.45) is 7.05 Å². The minimum absolute atomic E-state index is 0.198. The van der Waals surface area contributed by atoms with Crippen molar-refractivity contribution in [1.29, 1.82) is 0 Å². The molecule has 10 nitrogen and oxygen atoms in total. The Balaban J connectivity index is 1.81. The van der Waals surface area contributed by atoms with Crippen LogP contribution in [0.1, 0.15) is 34.0 Å². The van der Waals surface area contributed by atoms with Gasteiger partial charge < -0.3 is 4.74 Å². The van der Waals surface area contributed by atoms with Crippen molar-refractivity contribution in [2.45, 2.75) is 27.4 Å². The van der Waals surface area contributed by atoms with Crippen LogP contribution in [0.2, 0.25) is 0 Å². The standard InChI is InChI=1S/C20H22N6O4/c1-12-6-5-7-17(26-20(29)25(4)23-24-26)16(12)11-30-18-9-8-15(10-13(18)2)19(28)22-21-14(3)27/h5-10H,11H2,1-4H3,(H,21,27)(H,22,28). The lowest BCUT2D eigenvalue weighted by Crippen LogP contribution is -2.40. The van der Waals surface area contributed by atoms with Crippen LogP contribution in [0, 0.1) is 13.8 Å². The Kier molecular flexibility index (Phi) is 5.95. The fourth-order valence-corrected chi connectivity index (χ4v) is 2.86. The molecule has 0 aliphatic rings. The van der Waals surface area contributed by atoms with Gasteiger partial charge in [0, 0.05) is 25.1 Å². The maximum Gasteiger partial charge on any atom is 0.368 e. The predicted molar refractivity (Wildman–Crippen MR) is 108 cm³/mol. The highest BCUT2D eigenvalue weighted by molar-refractivity contribution is 5.95. The van der Waals surface area contributed by atoms with E-state index in [0.717, 1.165) is 21.4 Å². The van der Waals surface area contributed by atoms with Gasteiger partial charge in [0.05, 0.1) is 5.69 Å². The van der Waals surface area contributed by atoms with Crippen LogP contribution in [-0.2, 0) is 18.4 Å². The number of aromatic nitrogens is 4. The van der Waals surface area contributed by atoms with Gasteiger partial charge in [-0.15, -0.1) is 0 Å². The summed E-state index contributed by atoms with van der Waals surface area (Å²) in [5.41, 5.74) is 7.68. The quantitative estimate of drug-likeness (QED) is 0.604. The van der Waals surface area contributed by atoms with Crippen LogP contribution < -0.4 is 21.3 Å². The van der Waals surface area contributed by atoms with E-state index in [4.69, 9.17) is 4.74 Å². The summed E-state index contributed by atoms with van der Waals surface area (Å²) < 4.78 is 8.36. The highest BCUT2D eigenvalue weighted by atomic mass is 16.5. The molecule has 0 unspecified atom stereocenters. The van der Waals surface area contributed by atoms with E-state index < -0.39 is 5.91 Å². The van der Waals surface area contributed by atoms with Gasteiger partial charge in [-0.1, -0.05) is 12.1 Å². The van der Waals surface area contributed by atoms with Gasteiger partial charge in [-0.3, -0.25) is 20.4 Å². The summed E-state index contributed by atoms with van der Waals surface area (Å²) in [6.45, 7) is 5.24. The highest BCUT2D eigenvalue weighted by Crippen LogP contribution is 2.23. The van der Waals surface area contributed by atoms with E-state index in [0.29, 0.717) is 17.0 Å². The van der Waals surface area contributed by atoms with Gasteiger partial charge in [-0.05, 0) is 59.7 Å². The van der Waals surface area contributed by atoms with E-state index in [1.165, 1.54) is 18.7 Å². The van der Waals surface area contributed by atoms with E-state index in [-0.39, 0.29) is 18.2 Å². The molecule has 0 fully saturated rings. The first-order valence-corrected chi connectivity index (χ1v) is 9.16. The van der Waals surface area contributed by atoms with Crippen molar-refractivity contribution in [3.05, 3.63) is 69.1 Å². The first kappa shape index (κ1) is 20.8. The van der Waals surface area contributed by atoms with Gasteiger partial charge in [0.1, 0.15) is 12.4 Å². The van der Waals surface area contributed by atoms with Gasteiger partial charge in [0.2, 0.25) is 5.91 Å². The van der Waals surface area contributed by atoms with E-state index in [9.17, 15) is 14.4 Å². The summed E-state index contributed by atoms with van der Waals surface area (Å²) in [7, 11) is 1.53.